The molecule has 0 N–H and O–H groups in total. The molecule has 3 rings (SSSR count). The Kier molecular flexibility index (Phi) is 1.48. The second-order valence-electron chi connectivity index (χ2n) is 3.21. The maximum Gasteiger partial charge on any atom is 0.158 e. The van der Waals surface area contributed by atoms with Crippen molar-refractivity contribution in [3.63, 3.8) is 0 Å². The van der Waals surface area contributed by atoms with E-state index in [-0.39, 0.29) is 0 Å². The van der Waals surface area contributed by atoms with E-state index in [1.807, 2.05) is 28.7 Å². The molecule has 0 saturated heterocycles. The molecule has 70 valence electrons. The number of hydrogen-bond donors (Lipinski definition) is 0. The largest absolute Gasteiger partial charge is 0.282 e. The average molecular weight is 194 g/mol. The highest BCUT2D eigenvalue weighted by Crippen LogP contribution is 2.17. The molecular weight excluding hydrogens is 188 g/mol. The fourth-order valence-corrected chi connectivity index (χ4v) is 1.66. The van der Waals surface area contributed by atoms with Crippen molar-refractivity contribution >= 4 is 16.7 Å². The number of hydrogen-bond acceptors (Lipinski definition) is 3. The number of nitriles is 1. The SMILES string of the molecule is N#Cc1cncn2c1nc1ccccc12. The van der Waals surface area contributed by atoms with E-state index in [4.69, 9.17) is 5.26 Å². The molecule has 1 aromatic carbocycles. The predicted molar refractivity (Wildman–Crippen MR) is 55.2 cm³/mol. The average Bonchev–Trinajstić information content (AvgIpc) is 2.67. The lowest BCUT2D eigenvalue weighted by molar-refractivity contribution is 1.10. The minimum absolute atomic E-state index is 0.494. The highest BCUT2D eigenvalue weighted by molar-refractivity contribution is 5.81. The third-order valence-electron chi connectivity index (χ3n) is 2.34. The van der Waals surface area contributed by atoms with Gasteiger partial charge in [0.2, 0.25) is 0 Å². The predicted octanol–water partition coefficient (Wildman–Crippen LogP) is 1.75. The first kappa shape index (κ1) is 7.94. The van der Waals surface area contributed by atoms with Crippen LogP contribution in [0.2, 0.25) is 0 Å². The summed E-state index contributed by atoms with van der Waals surface area (Å²) in [5, 5.41) is 8.92. The van der Waals surface area contributed by atoms with E-state index in [9.17, 15) is 0 Å². The van der Waals surface area contributed by atoms with Crippen LogP contribution in [0.1, 0.15) is 5.56 Å². The molecule has 2 heterocycles. The van der Waals surface area contributed by atoms with E-state index in [0.717, 1.165) is 11.0 Å². The summed E-state index contributed by atoms with van der Waals surface area (Å²) in [6.45, 7) is 0. The number of aromatic nitrogens is 3. The fourth-order valence-electron chi connectivity index (χ4n) is 1.66. The van der Waals surface area contributed by atoms with Gasteiger partial charge >= 0.3 is 0 Å². The molecule has 0 saturated carbocycles. The van der Waals surface area contributed by atoms with Gasteiger partial charge in [0.05, 0.1) is 17.2 Å². The molecule has 0 atom stereocenters. The van der Waals surface area contributed by atoms with Crippen LogP contribution < -0.4 is 0 Å². The van der Waals surface area contributed by atoms with Crippen molar-refractivity contribution in [2.24, 2.45) is 0 Å². The van der Waals surface area contributed by atoms with Crippen LogP contribution in [0, 0.1) is 11.3 Å². The zero-order valence-corrected chi connectivity index (χ0v) is 7.75. The van der Waals surface area contributed by atoms with Crippen LogP contribution in [0.25, 0.3) is 16.7 Å². The van der Waals surface area contributed by atoms with Gasteiger partial charge in [-0.2, -0.15) is 5.26 Å². The molecule has 4 nitrogen and oxygen atoms in total. The van der Waals surface area contributed by atoms with Crippen molar-refractivity contribution in [3.8, 4) is 6.07 Å². The van der Waals surface area contributed by atoms with Crippen molar-refractivity contribution in [3.05, 3.63) is 42.4 Å². The summed E-state index contributed by atoms with van der Waals surface area (Å²) in [6.07, 6.45) is 3.20. The van der Waals surface area contributed by atoms with Crippen molar-refractivity contribution in [1.82, 2.24) is 14.4 Å². The lowest BCUT2D eigenvalue weighted by Crippen LogP contribution is -1.89. The second-order valence-corrected chi connectivity index (χ2v) is 3.21. The molecule has 0 fully saturated rings. The highest BCUT2D eigenvalue weighted by atomic mass is 15.0. The number of fused-ring (bicyclic) bond motifs is 3. The van der Waals surface area contributed by atoms with Crippen LogP contribution in [0.3, 0.4) is 0 Å². The van der Waals surface area contributed by atoms with Gasteiger partial charge < -0.3 is 0 Å². The topological polar surface area (TPSA) is 54.0 Å². The molecule has 0 radical (unpaired) electrons. The molecule has 0 unspecified atom stereocenters. The van der Waals surface area contributed by atoms with Crippen molar-refractivity contribution in [2.75, 3.05) is 0 Å². The standard InChI is InChI=1S/C11H6N4/c12-5-8-6-13-7-15-10-4-2-1-3-9(10)14-11(8)15/h1-4,6-7H. The molecule has 2 aromatic heterocycles. The molecule has 15 heavy (non-hydrogen) atoms. The molecule has 4 heteroatoms. The lowest BCUT2D eigenvalue weighted by Gasteiger charge is -1.94. The van der Waals surface area contributed by atoms with Crippen LogP contribution in [-0.4, -0.2) is 14.4 Å². The maximum absolute atomic E-state index is 8.92. The molecule has 0 spiro atoms. The van der Waals surface area contributed by atoms with E-state index in [1.165, 1.54) is 6.20 Å². The minimum Gasteiger partial charge on any atom is -0.282 e. The van der Waals surface area contributed by atoms with Crippen molar-refractivity contribution < 1.29 is 0 Å². The Hall–Kier alpha value is -2.41. The van der Waals surface area contributed by atoms with Crippen LogP contribution in [0.4, 0.5) is 0 Å². The Morgan fingerprint density at radius 2 is 2.13 bits per heavy atom. The van der Waals surface area contributed by atoms with Crippen molar-refractivity contribution in [2.45, 2.75) is 0 Å². The van der Waals surface area contributed by atoms with Gasteiger partial charge in [-0.3, -0.25) is 4.40 Å². The summed E-state index contributed by atoms with van der Waals surface area (Å²) >= 11 is 0. The van der Waals surface area contributed by atoms with Gasteiger partial charge in [0.1, 0.15) is 18.0 Å². The Bertz CT molecular complexity index is 690. The molecule has 0 amide bonds. The monoisotopic (exact) mass is 194 g/mol. The number of nitrogens with zero attached hydrogens (tertiary/aromatic N) is 4. The Morgan fingerprint density at radius 1 is 1.27 bits per heavy atom. The van der Waals surface area contributed by atoms with E-state index < -0.39 is 0 Å². The van der Waals surface area contributed by atoms with Gasteiger partial charge in [0.15, 0.2) is 5.65 Å². The summed E-state index contributed by atoms with van der Waals surface area (Å²) in [5.41, 5.74) is 3.00. The first-order chi connectivity index (χ1) is 7.40. The zero-order chi connectivity index (χ0) is 10.3. The van der Waals surface area contributed by atoms with Crippen LogP contribution in [0.15, 0.2) is 36.8 Å². The summed E-state index contributed by atoms with van der Waals surface area (Å²) in [7, 11) is 0. The van der Waals surface area contributed by atoms with Gasteiger partial charge in [0.25, 0.3) is 0 Å². The molecular formula is C11H6N4. The smallest absolute Gasteiger partial charge is 0.158 e. The van der Waals surface area contributed by atoms with Gasteiger partial charge in [-0.15, -0.1) is 0 Å². The number of para-hydroxylation sites is 2. The summed E-state index contributed by atoms with van der Waals surface area (Å²) in [5.74, 6) is 0. The maximum atomic E-state index is 8.92. The summed E-state index contributed by atoms with van der Waals surface area (Å²) in [6, 6.07) is 9.83. The first-order valence-electron chi connectivity index (χ1n) is 4.51. The quantitative estimate of drug-likeness (QED) is 0.547. The molecule has 0 aliphatic rings. The highest BCUT2D eigenvalue weighted by Gasteiger charge is 2.06. The van der Waals surface area contributed by atoms with Crippen molar-refractivity contribution in [1.29, 1.82) is 5.26 Å². The van der Waals surface area contributed by atoms with Gasteiger partial charge in [-0.25, -0.2) is 9.97 Å². The Labute approximate surface area is 85.4 Å². The first-order valence-corrected chi connectivity index (χ1v) is 4.51. The molecule has 0 bridgehead atoms. The van der Waals surface area contributed by atoms with E-state index >= 15 is 0 Å². The minimum atomic E-state index is 0.494. The third kappa shape index (κ3) is 1.00. The Morgan fingerprint density at radius 3 is 3.00 bits per heavy atom. The van der Waals surface area contributed by atoms with E-state index in [1.54, 1.807) is 6.33 Å². The zero-order valence-electron chi connectivity index (χ0n) is 7.75. The number of rotatable bonds is 0. The van der Waals surface area contributed by atoms with Crippen LogP contribution >= 0.6 is 0 Å². The third-order valence-corrected chi connectivity index (χ3v) is 2.34. The number of imidazole rings is 1. The summed E-state index contributed by atoms with van der Waals surface area (Å²) in [4.78, 5) is 8.39. The fraction of sp³-hybridized carbons (Fsp3) is 0. The lowest BCUT2D eigenvalue weighted by atomic mass is 10.3. The van der Waals surface area contributed by atoms with Gasteiger partial charge in [-0.05, 0) is 12.1 Å². The van der Waals surface area contributed by atoms with Crippen LogP contribution in [0.5, 0.6) is 0 Å². The number of benzene rings is 1. The van der Waals surface area contributed by atoms with E-state index in [0.29, 0.717) is 11.2 Å². The second kappa shape index (κ2) is 2.79. The normalized spacial score (nSPS) is 10.6. The van der Waals surface area contributed by atoms with Gasteiger partial charge in [0, 0.05) is 0 Å². The summed E-state index contributed by atoms with van der Waals surface area (Å²) < 4.78 is 1.83. The molecule has 0 aliphatic heterocycles. The molecule has 3 aromatic rings. The Balaban J connectivity index is 2.61. The van der Waals surface area contributed by atoms with E-state index in [2.05, 4.69) is 16.0 Å². The van der Waals surface area contributed by atoms with Gasteiger partial charge in [-0.1, -0.05) is 12.1 Å². The molecule has 0 aliphatic carbocycles. The van der Waals surface area contributed by atoms with Crippen LogP contribution in [-0.2, 0) is 0 Å².